The molecule has 0 aliphatic heterocycles. The van der Waals surface area contributed by atoms with Crippen molar-refractivity contribution in [3.8, 4) is 45.6 Å². The summed E-state index contributed by atoms with van der Waals surface area (Å²) in [6.07, 6.45) is 0. The van der Waals surface area contributed by atoms with Crippen LogP contribution in [-0.4, -0.2) is 29.9 Å². The van der Waals surface area contributed by atoms with Gasteiger partial charge in [0.1, 0.15) is 22.3 Å². The van der Waals surface area contributed by atoms with Crippen molar-refractivity contribution >= 4 is 67.1 Å². The van der Waals surface area contributed by atoms with Crippen LogP contribution in [0.5, 0.6) is 0 Å². The molecule has 10 aromatic rings. The maximum absolute atomic E-state index is 6.15. The van der Waals surface area contributed by atoms with Crippen molar-refractivity contribution in [2.75, 3.05) is 0 Å². The van der Waals surface area contributed by atoms with E-state index < -0.39 is 0 Å². The number of halogens is 2. The number of benzene rings is 6. The van der Waals surface area contributed by atoms with Crippen molar-refractivity contribution in [2.45, 2.75) is 0 Å². The number of rotatable bonds is 4. The third kappa shape index (κ3) is 6.11. The fraction of sp³-hybridized carbons (Fsp3) is 0. The first-order valence-electron chi connectivity index (χ1n) is 16.3. The molecule has 0 fully saturated rings. The fourth-order valence-corrected chi connectivity index (χ4v) is 6.44. The van der Waals surface area contributed by atoms with E-state index in [2.05, 4.69) is 29.9 Å². The summed E-state index contributed by atoms with van der Waals surface area (Å²) in [6, 6.07) is 47.2. The molecule has 0 amide bonds. The zero-order chi connectivity index (χ0) is 35.0. The van der Waals surface area contributed by atoms with Gasteiger partial charge in [-0.15, -0.1) is 0 Å². The molecule has 4 heterocycles. The summed E-state index contributed by atoms with van der Waals surface area (Å²) in [5.41, 5.74) is 6.75. The van der Waals surface area contributed by atoms with Crippen LogP contribution in [0.3, 0.4) is 0 Å². The molecule has 6 aromatic carbocycles. The molecule has 4 aromatic heterocycles. The molecule has 0 spiro atoms. The molecule has 52 heavy (non-hydrogen) atoms. The van der Waals surface area contributed by atoms with Crippen LogP contribution in [0.4, 0.5) is 0 Å². The van der Waals surface area contributed by atoms with Gasteiger partial charge in [0.15, 0.2) is 23.3 Å². The van der Waals surface area contributed by atoms with Gasteiger partial charge in [-0.05, 0) is 59.6 Å². The topological polar surface area (TPSA) is 104 Å². The summed E-state index contributed by atoms with van der Waals surface area (Å²) >= 11 is 12.3. The molecule has 10 heteroatoms. The molecular weight excluding hydrogens is 691 g/mol. The van der Waals surface area contributed by atoms with Gasteiger partial charge < -0.3 is 8.83 Å². The monoisotopic (exact) mass is 714 g/mol. The minimum absolute atomic E-state index is 0.165. The number of para-hydroxylation sites is 2. The molecular formula is C42H24Cl2N6O2. The fourth-order valence-electron chi connectivity index (χ4n) is 6.12. The Hall–Kier alpha value is -6.48. The van der Waals surface area contributed by atoms with Crippen LogP contribution >= 0.6 is 23.2 Å². The van der Waals surface area contributed by atoms with Crippen molar-refractivity contribution in [1.82, 2.24) is 29.9 Å². The molecule has 248 valence electrons. The molecule has 0 radical (unpaired) electrons. The second kappa shape index (κ2) is 13.3. The lowest BCUT2D eigenvalue weighted by molar-refractivity contribution is 0.668. The van der Waals surface area contributed by atoms with E-state index in [4.69, 9.17) is 32.0 Å². The van der Waals surface area contributed by atoms with Crippen LogP contribution in [0.1, 0.15) is 0 Å². The number of nitrogens with zero attached hydrogens (tertiary/aromatic N) is 6. The number of hydrogen-bond acceptors (Lipinski definition) is 8. The second-order valence-corrected chi connectivity index (χ2v) is 12.5. The van der Waals surface area contributed by atoms with Crippen molar-refractivity contribution in [3.63, 3.8) is 0 Å². The molecule has 0 aliphatic rings. The lowest BCUT2D eigenvalue weighted by atomic mass is 10.1. The first-order valence-corrected chi connectivity index (χ1v) is 17.1. The molecule has 0 unspecified atom stereocenters. The van der Waals surface area contributed by atoms with Gasteiger partial charge in [-0.2, -0.15) is 19.9 Å². The van der Waals surface area contributed by atoms with Gasteiger partial charge in [-0.3, -0.25) is 0 Å². The largest absolute Gasteiger partial charge is 0.456 e. The van der Waals surface area contributed by atoms with Gasteiger partial charge in [0.05, 0.1) is 0 Å². The third-order valence-corrected chi connectivity index (χ3v) is 8.89. The van der Waals surface area contributed by atoms with Crippen molar-refractivity contribution in [3.05, 3.63) is 156 Å². The summed E-state index contributed by atoms with van der Waals surface area (Å²) in [6.45, 7) is 0. The zero-order valence-electron chi connectivity index (χ0n) is 27.1. The highest BCUT2D eigenvalue weighted by Gasteiger charge is 2.14. The normalized spacial score (nSPS) is 11.3. The van der Waals surface area contributed by atoms with E-state index in [1.807, 2.05) is 146 Å². The predicted molar refractivity (Wildman–Crippen MR) is 206 cm³/mol. The van der Waals surface area contributed by atoms with Gasteiger partial charge in [-0.1, -0.05) is 109 Å². The molecule has 0 saturated carbocycles. The van der Waals surface area contributed by atoms with Crippen LogP contribution in [0, 0.1) is 0 Å². The van der Waals surface area contributed by atoms with Gasteiger partial charge in [0, 0.05) is 43.8 Å². The molecule has 8 nitrogen and oxygen atoms in total. The lowest BCUT2D eigenvalue weighted by Crippen LogP contribution is -1.97. The van der Waals surface area contributed by atoms with Gasteiger partial charge in [0.25, 0.3) is 0 Å². The first-order chi connectivity index (χ1) is 25.6. The molecule has 0 aliphatic carbocycles. The molecule has 10 rings (SSSR count). The van der Waals surface area contributed by atoms with Crippen LogP contribution in [0.25, 0.3) is 89.4 Å². The predicted octanol–water partition coefficient (Wildman–Crippen LogP) is 11.5. The van der Waals surface area contributed by atoms with E-state index in [1.54, 1.807) is 0 Å². The minimum atomic E-state index is 0.165. The summed E-state index contributed by atoms with van der Waals surface area (Å²) in [7, 11) is 0. The third-order valence-electron chi connectivity index (χ3n) is 8.55. The average molecular weight is 716 g/mol. The number of hydrogen-bond donors (Lipinski definition) is 0. The van der Waals surface area contributed by atoms with Crippen molar-refractivity contribution < 1.29 is 8.83 Å². The summed E-state index contributed by atoms with van der Waals surface area (Å²) in [5.74, 6) is 2.13. The Labute approximate surface area is 306 Å². The first kappa shape index (κ1) is 31.5. The summed E-state index contributed by atoms with van der Waals surface area (Å²) in [5, 5.41) is 4.64. The Morgan fingerprint density at radius 2 is 0.654 bits per heavy atom. The maximum atomic E-state index is 6.15. The van der Waals surface area contributed by atoms with Gasteiger partial charge in [0.2, 0.25) is 10.6 Å². The highest BCUT2D eigenvalue weighted by atomic mass is 35.5. The summed E-state index contributed by atoms with van der Waals surface area (Å²) in [4.78, 5) is 26.2. The molecule has 0 atom stereocenters. The molecule has 0 N–H and O–H groups in total. The van der Waals surface area contributed by atoms with Crippen LogP contribution in [0.15, 0.2) is 154 Å². The van der Waals surface area contributed by atoms with E-state index in [0.29, 0.717) is 23.3 Å². The zero-order valence-corrected chi connectivity index (χ0v) is 28.6. The lowest BCUT2D eigenvalue weighted by Gasteiger charge is -2.04. The van der Waals surface area contributed by atoms with E-state index >= 15 is 0 Å². The smallest absolute Gasteiger partial charge is 0.226 e. The van der Waals surface area contributed by atoms with Gasteiger partial charge in [-0.25, -0.2) is 9.97 Å². The van der Waals surface area contributed by atoms with Crippen molar-refractivity contribution in [2.24, 2.45) is 0 Å². The Morgan fingerprint density at radius 3 is 1.08 bits per heavy atom. The van der Waals surface area contributed by atoms with E-state index in [1.165, 1.54) is 0 Å². The van der Waals surface area contributed by atoms with Crippen LogP contribution in [-0.2, 0) is 0 Å². The Kier molecular flexibility index (Phi) is 8.08. The van der Waals surface area contributed by atoms with Crippen LogP contribution < -0.4 is 0 Å². The Morgan fingerprint density at radius 1 is 0.308 bits per heavy atom. The molecule has 0 saturated heterocycles. The number of furan rings is 2. The molecule has 0 bridgehead atoms. The second-order valence-electron chi connectivity index (χ2n) is 11.9. The Bertz CT molecular complexity index is 2700. The van der Waals surface area contributed by atoms with E-state index in [9.17, 15) is 0 Å². The highest BCUT2D eigenvalue weighted by Crippen LogP contribution is 2.33. The SMILES string of the molecule is Clc1nc(-c2ccccc2)nc(-c2ccc3c(c2)oc2ccccc23)n1.Clc1nc(-c2ccccc2)nc(-c2ccc3c(c2)oc2ccccc23)n1. The average Bonchev–Trinajstić information content (AvgIpc) is 3.76. The number of aromatic nitrogens is 6. The van der Waals surface area contributed by atoms with E-state index in [0.717, 1.165) is 66.1 Å². The van der Waals surface area contributed by atoms with E-state index in [-0.39, 0.29) is 10.6 Å². The minimum Gasteiger partial charge on any atom is -0.456 e. The highest BCUT2D eigenvalue weighted by molar-refractivity contribution is 6.28. The van der Waals surface area contributed by atoms with Crippen LogP contribution in [0.2, 0.25) is 10.6 Å². The standard InChI is InChI=1S/2C21H12ClN3O/c2*22-21-24-19(13-6-2-1-3-7-13)23-20(25-21)14-10-11-16-15-8-4-5-9-17(15)26-18(16)12-14/h2*1-12H. The van der Waals surface area contributed by atoms with Crippen molar-refractivity contribution in [1.29, 1.82) is 0 Å². The Balaban J connectivity index is 0.000000138. The van der Waals surface area contributed by atoms with Gasteiger partial charge >= 0.3 is 0 Å². The quantitative estimate of drug-likeness (QED) is 0.177. The summed E-state index contributed by atoms with van der Waals surface area (Å²) < 4.78 is 11.9. The maximum Gasteiger partial charge on any atom is 0.226 e. The number of fused-ring (bicyclic) bond motifs is 6.